The SMILES string of the molecule is CC.NCCNCc1ccc(Cl)cc1. The first-order valence-corrected chi connectivity index (χ1v) is 5.36. The molecule has 2 nitrogen and oxygen atoms in total. The van der Waals surface area contributed by atoms with E-state index in [9.17, 15) is 0 Å². The van der Waals surface area contributed by atoms with E-state index in [1.165, 1.54) is 5.56 Å². The van der Waals surface area contributed by atoms with Gasteiger partial charge in [0, 0.05) is 24.7 Å². The zero-order chi connectivity index (χ0) is 10.8. The molecule has 0 heterocycles. The first-order chi connectivity index (χ1) is 6.83. The summed E-state index contributed by atoms with van der Waals surface area (Å²) in [6.07, 6.45) is 0. The fourth-order valence-electron chi connectivity index (χ4n) is 0.937. The highest BCUT2D eigenvalue weighted by atomic mass is 35.5. The molecule has 14 heavy (non-hydrogen) atoms. The van der Waals surface area contributed by atoms with Gasteiger partial charge in [-0.05, 0) is 17.7 Å². The number of hydrogen-bond acceptors (Lipinski definition) is 2. The standard InChI is InChI=1S/C9H13ClN2.C2H6/c10-9-3-1-8(2-4-9)7-12-6-5-11;1-2/h1-4,12H,5-7,11H2;1-2H3. The van der Waals surface area contributed by atoms with Crippen LogP contribution in [0.1, 0.15) is 19.4 Å². The van der Waals surface area contributed by atoms with Crippen LogP contribution in [0, 0.1) is 0 Å². The highest BCUT2D eigenvalue weighted by Crippen LogP contribution is 2.08. The molecule has 0 unspecified atom stereocenters. The maximum Gasteiger partial charge on any atom is 0.0406 e. The minimum Gasteiger partial charge on any atom is -0.329 e. The Bertz CT molecular complexity index is 221. The molecule has 0 saturated carbocycles. The molecule has 0 aliphatic rings. The second kappa shape index (κ2) is 9.00. The summed E-state index contributed by atoms with van der Waals surface area (Å²) in [5, 5.41) is 3.98. The summed E-state index contributed by atoms with van der Waals surface area (Å²) in [7, 11) is 0. The maximum atomic E-state index is 5.73. The van der Waals surface area contributed by atoms with Crippen molar-refractivity contribution in [1.82, 2.24) is 5.32 Å². The van der Waals surface area contributed by atoms with Crippen LogP contribution in [0.3, 0.4) is 0 Å². The Kier molecular flexibility index (Phi) is 8.64. The van der Waals surface area contributed by atoms with Crippen molar-refractivity contribution in [1.29, 1.82) is 0 Å². The molecule has 3 N–H and O–H groups in total. The van der Waals surface area contributed by atoms with Crippen molar-refractivity contribution in [2.45, 2.75) is 20.4 Å². The van der Waals surface area contributed by atoms with Crippen LogP contribution in [0.15, 0.2) is 24.3 Å². The Morgan fingerprint density at radius 3 is 2.29 bits per heavy atom. The quantitative estimate of drug-likeness (QED) is 0.756. The molecular formula is C11H19ClN2. The lowest BCUT2D eigenvalue weighted by Gasteiger charge is -2.02. The highest BCUT2D eigenvalue weighted by Gasteiger charge is 1.91. The molecule has 1 rings (SSSR count). The molecule has 0 spiro atoms. The number of benzene rings is 1. The molecule has 0 aliphatic carbocycles. The van der Waals surface area contributed by atoms with Gasteiger partial charge in [0.1, 0.15) is 0 Å². The van der Waals surface area contributed by atoms with Gasteiger partial charge in [-0.25, -0.2) is 0 Å². The van der Waals surface area contributed by atoms with Gasteiger partial charge in [0.15, 0.2) is 0 Å². The Labute approximate surface area is 91.5 Å². The molecule has 3 heteroatoms. The molecule has 0 bridgehead atoms. The summed E-state index contributed by atoms with van der Waals surface area (Å²) in [5.74, 6) is 0. The van der Waals surface area contributed by atoms with Crippen LogP contribution in [0.2, 0.25) is 5.02 Å². The van der Waals surface area contributed by atoms with Crippen LogP contribution in [-0.4, -0.2) is 13.1 Å². The molecule has 0 aliphatic heterocycles. The highest BCUT2D eigenvalue weighted by molar-refractivity contribution is 6.30. The summed E-state index contributed by atoms with van der Waals surface area (Å²) < 4.78 is 0. The minimum absolute atomic E-state index is 0.674. The van der Waals surface area contributed by atoms with E-state index < -0.39 is 0 Å². The fourth-order valence-corrected chi connectivity index (χ4v) is 1.06. The van der Waals surface area contributed by atoms with E-state index in [2.05, 4.69) is 5.32 Å². The third-order valence-electron chi connectivity index (χ3n) is 1.56. The molecule has 0 saturated heterocycles. The minimum atomic E-state index is 0.674. The largest absolute Gasteiger partial charge is 0.329 e. The lowest BCUT2D eigenvalue weighted by molar-refractivity contribution is 0.695. The van der Waals surface area contributed by atoms with Crippen LogP contribution >= 0.6 is 11.6 Å². The Morgan fingerprint density at radius 2 is 1.79 bits per heavy atom. The van der Waals surface area contributed by atoms with Crippen LogP contribution < -0.4 is 11.1 Å². The molecule has 1 aromatic carbocycles. The van der Waals surface area contributed by atoms with E-state index in [0.29, 0.717) is 6.54 Å². The zero-order valence-corrected chi connectivity index (χ0v) is 9.64. The average molecular weight is 215 g/mol. The second-order valence-electron chi connectivity index (χ2n) is 2.59. The second-order valence-corrected chi connectivity index (χ2v) is 3.03. The van der Waals surface area contributed by atoms with Gasteiger partial charge < -0.3 is 11.1 Å². The molecule has 0 amide bonds. The van der Waals surface area contributed by atoms with Crippen molar-refractivity contribution in [2.24, 2.45) is 5.73 Å². The van der Waals surface area contributed by atoms with Crippen molar-refractivity contribution in [3.63, 3.8) is 0 Å². The number of hydrogen-bond donors (Lipinski definition) is 2. The van der Waals surface area contributed by atoms with Crippen molar-refractivity contribution in [3.8, 4) is 0 Å². The summed E-state index contributed by atoms with van der Waals surface area (Å²) in [6.45, 7) is 6.38. The first kappa shape index (κ1) is 13.4. The predicted molar refractivity (Wildman–Crippen MR) is 63.6 cm³/mol. The van der Waals surface area contributed by atoms with Gasteiger partial charge in [-0.3, -0.25) is 0 Å². The molecule has 0 radical (unpaired) electrons. The van der Waals surface area contributed by atoms with E-state index >= 15 is 0 Å². The Hall–Kier alpha value is -0.570. The van der Waals surface area contributed by atoms with Crippen LogP contribution in [-0.2, 0) is 6.54 Å². The molecule has 0 aromatic heterocycles. The van der Waals surface area contributed by atoms with Gasteiger partial charge in [-0.1, -0.05) is 37.6 Å². The smallest absolute Gasteiger partial charge is 0.0406 e. The lowest BCUT2D eigenvalue weighted by Crippen LogP contribution is -2.21. The maximum absolute atomic E-state index is 5.73. The number of halogens is 1. The van der Waals surface area contributed by atoms with Crippen molar-refractivity contribution < 1.29 is 0 Å². The van der Waals surface area contributed by atoms with Crippen LogP contribution in [0.4, 0.5) is 0 Å². The zero-order valence-electron chi connectivity index (χ0n) is 8.89. The third kappa shape index (κ3) is 5.97. The Balaban J connectivity index is 0.000000791. The molecule has 0 atom stereocenters. The monoisotopic (exact) mass is 214 g/mol. The topological polar surface area (TPSA) is 38.0 Å². The average Bonchev–Trinajstić information content (AvgIpc) is 2.24. The first-order valence-electron chi connectivity index (χ1n) is 4.98. The van der Waals surface area contributed by atoms with Gasteiger partial charge in [-0.15, -0.1) is 0 Å². The van der Waals surface area contributed by atoms with E-state index in [0.717, 1.165) is 18.1 Å². The van der Waals surface area contributed by atoms with Crippen LogP contribution in [0.25, 0.3) is 0 Å². The number of nitrogens with two attached hydrogens (primary N) is 1. The Morgan fingerprint density at radius 1 is 1.21 bits per heavy atom. The number of nitrogens with one attached hydrogen (secondary N) is 1. The lowest BCUT2D eigenvalue weighted by atomic mass is 10.2. The summed E-state index contributed by atoms with van der Waals surface area (Å²) in [6, 6.07) is 7.79. The van der Waals surface area contributed by atoms with E-state index in [-0.39, 0.29) is 0 Å². The van der Waals surface area contributed by atoms with Gasteiger partial charge in [0.05, 0.1) is 0 Å². The molecule has 0 fully saturated rings. The fraction of sp³-hybridized carbons (Fsp3) is 0.455. The van der Waals surface area contributed by atoms with E-state index in [1.807, 2.05) is 38.1 Å². The van der Waals surface area contributed by atoms with Crippen molar-refractivity contribution in [3.05, 3.63) is 34.9 Å². The van der Waals surface area contributed by atoms with Crippen molar-refractivity contribution >= 4 is 11.6 Å². The molecule has 80 valence electrons. The number of rotatable bonds is 4. The van der Waals surface area contributed by atoms with E-state index in [1.54, 1.807) is 0 Å². The summed E-state index contributed by atoms with van der Waals surface area (Å²) in [4.78, 5) is 0. The third-order valence-corrected chi connectivity index (χ3v) is 1.82. The predicted octanol–water partition coefficient (Wildman–Crippen LogP) is 2.41. The van der Waals surface area contributed by atoms with Gasteiger partial charge >= 0.3 is 0 Å². The van der Waals surface area contributed by atoms with Gasteiger partial charge in [0.25, 0.3) is 0 Å². The van der Waals surface area contributed by atoms with E-state index in [4.69, 9.17) is 17.3 Å². The van der Waals surface area contributed by atoms with Gasteiger partial charge in [0.2, 0.25) is 0 Å². The summed E-state index contributed by atoms with van der Waals surface area (Å²) >= 11 is 5.73. The molecule has 1 aromatic rings. The normalized spacial score (nSPS) is 9.14. The van der Waals surface area contributed by atoms with Crippen LogP contribution in [0.5, 0.6) is 0 Å². The van der Waals surface area contributed by atoms with Gasteiger partial charge in [-0.2, -0.15) is 0 Å². The molecular weight excluding hydrogens is 196 g/mol. The summed E-state index contributed by atoms with van der Waals surface area (Å²) in [5.41, 5.74) is 6.56. The van der Waals surface area contributed by atoms with Crippen molar-refractivity contribution in [2.75, 3.05) is 13.1 Å².